The third kappa shape index (κ3) is 4.35. The maximum atomic E-state index is 12.1. The third-order valence-electron chi connectivity index (χ3n) is 3.85. The van der Waals surface area contributed by atoms with Crippen molar-refractivity contribution in [2.75, 3.05) is 31.1 Å². The summed E-state index contributed by atoms with van der Waals surface area (Å²) >= 11 is 6.04. The van der Waals surface area contributed by atoms with Gasteiger partial charge < -0.3 is 10.2 Å². The van der Waals surface area contributed by atoms with Gasteiger partial charge in [-0.05, 0) is 39.0 Å². The first-order chi connectivity index (χ1) is 9.97. The quantitative estimate of drug-likeness (QED) is 0.927. The molecule has 1 heterocycles. The fraction of sp³-hybridized carbons (Fsp3) is 0.562. The van der Waals surface area contributed by atoms with Crippen molar-refractivity contribution in [3.05, 3.63) is 29.3 Å². The molecule has 1 amide bonds. The minimum Gasteiger partial charge on any atom is -0.369 e. The number of hydrogen-bond donors (Lipinski definition) is 1. The second-order valence-corrected chi connectivity index (χ2v) is 6.28. The highest BCUT2D eigenvalue weighted by Gasteiger charge is 2.25. The Bertz CT molecular complexity index is 484. The van der Waals surface area contributed by atoms with E-state index in [0.29, 0.717) is 0 Å². The normalized spacial score (nSPS) is 17.9. The van der Waals surface area contributed by atoms with Crippen LogP contribution in [0.3, 0.4) is 0 Å². The van der Waals surface area contributed by atoms with Gasteiger partial charge in [-0.15, -0.1) is 0 Å². The molecule has 1 aromatic carbocycles. The van der Waals surface area contributed by atoms with Gasteiger partial charge in [-0.1, -0.05) is 17.7 Å². The summed E-state index contributed by atoms with van der Waals surface area (Å²) in [5, 5.41) is 3.74. The Balaban J connectivity index is 1.89. The molecule has 1 atom stereocenters. The molecule has 0 aliphatic carbocycles. The van der Waals surface area contributed by atoms with Crippen LogP contribution >= 0.6 is 11.6 Å². The molecule has 21 heavy (non-hydrogen) atoms. The van der Waals surface area contributed by atoms with E-state index in [1.807, 2.05) is 39.0 Å². The number of benzene rings is 1. The molecule has 0 unspecified atom stereocenters. The number of carbonyl (C=O) groups excluding carboxylic acids is 1. The zero-order valence-electron chi connectivity index (χ0n) is 13.0. The van der Waals surface area contributed by atoms with Gasteiger partial charge in [0.05, 0.1) is 6.04 Å². The number of rotatable bonds is 4. The summed E-state index contributed by atoms with van der Waals surface area (Å²) in [5.74, 6) is 0.112. The minimum atomic E-state index is -0.0751. The summed E-state index contributed by atoms with van der Waals surface area (Å²) in [4.78, 5) is 16.6. The van der Waals surface area contributed by atoms with E-state index in [1.54, 1.807) is 0 Å². The molecular weight excluding hydrogens is 286 g/mol. The van der Waals surface area contributed by atoms with Crippen LogP contribution in [0, 0.1) is 0 Å². The summed E-state index contributed by atoms with van der Waals surface area (Å²) in [5.41, 5.74) is 1.15. The van der Waals surface area contributed by atoms with Crippen molar-refractivity contribution in [3.8, 4) is 0 Å². The largest absolute Gasteiger partial charge is 0.369 e. The molecule has 1 aliphatic heterocycles. The van der Waals surface area contributed by atoms with Crippen molar-refractivity contribution in [1.82, 2.24) is 10.2 Å². The van der Waals surface area contributed by atoms with E-state index < -0.39 is 0 Å². The van der Waals surface area contributed by atoms with Crippen molar-refractivity contribution in [2.24, 2.45) is 0 Å². The van der Waals surface area contributed by atoms with Crippen LogP contribution in [0.1, 0.15) is 20.8 Å². The van der Waals surface area contributed by atoms with Crippen LogP contribution in [0.2, 0.25) is 5.02 Å². The number of piperazine rings is 1. The van der Waals surface area contributed by atoms with Crippen LogP contribution in [0.25, 0.3) is 0 Å². The van der Waals surface area contributed by atoms with Crippen molar-refractivity contribution < 1.29 is 4.79 Å². The van der Waals surface area contributed by atoms with Gasteiger partial charge in [-0.2, -0.15) is 0 Å². The molecule has 2 rings (SSSR count). The Morgan fingerprint density at radius 2 is 1.86 bits per heavy atom. The summed E-state index contributed by atoms with van der Waals surface area (Å²) in [6, 6.07) is 8.05. The molecule has 1 aromatic rings. The highest BCUT2D eigenvalue weighted by molar-refractivity contribution is 6.30. The molecule has 0 bridgehead atoms. The van der Waals surface area contributed by atoms with Crippen molar-refractivity contribution in [1.29, 1.82) is 0 Å². The van der Waals surface area contributed by atoms with Gasteiger partial charge in [0.15, 0.2) is 0 Å². The van der Waals surface area contributed by atoms with Crippen LogP contribution in [0.5, 0.6) is 0 Å². The number of nitrogens with one attached hydrogen (secondary N) is 1. The molecule has 5 heteroatoms. The van der Waals surface area contributed by atoms with Crippen LogP contribution in [0.4, 0.5) is 5.69 Å². The first-order valence-corrected chi connectivity index (χ1v) is 7.90. The molecule has 1 fully saturated rings. The van der Waals surface area contributed by atoms with Crippen LogP contribution in [-0.4, -0.2) is 49.1 Å². The van der Waals surface area contributed by atoms with Gasteiger partial charge >= 0.3 is 0 Å². The number of hydrogen-bond acceptors (Lipinski definition) is 3. The van der Waals surface area contributed by atoms with Crippen molar-refractivity contribution in [3.63, 3.8) is 0 Å². The molecule has 0 aromatic heterocycles. The van der Waals surface area contributed by atoms with Crippen LogP contribution in [-0.2, 0) is 4.79 Å². The molecule has 4 nitrogen and oxygen atoms in total. The lowest BCUT2D eigenvalue weighted by atomic mass is 10.2. The van der Waals surface area contributed by atoms with E-state index in [0.717, 1.165) is 36.9 Å². The summed E-state index contributed by atoms with van der Waals surface area (Å²) in [7, 11) is 0. The van der Waals surface area contributed by atoms with Crippen LogP contribution in [0.15, 0.2) is 24.3 Å². The third-order valence-corrected chi connectivity index (χ3v) is 4.08. The van der Waals surface area contributed by atoms with Gasteiger partial charge in [0.25, 0.3) is 0 Å². The summed E-state index contributed by atoms with van der Waals surface area (Å²) in [6.07, 6.45) is 0. The molecule has 0 saturated carbocycles. The number of nitrogens with zero attached hydrogens (tertiary/aromatic N) is 2. The lowest BCUT2D eigenvalue weighted by molar-refractivity contribution is -0.126. The van der Waals surface area contributed by atoms with E-state index in [9.17, 15) is 4.79 Å². The predicted octanol–water partition coefficient (Wildman–Crippen LogP) is 2.38. The van der Waals surface area contributed by atoms with E-state index >= 15 is 0 Å². The molecule has 1 N–H and O–H groups in total. The van der Waals surface area contributed by atoms with E-state index in [4.69, 9.17) is 11.6 Å². The number of anilines is 1. The van der Waals surface area contributed by atoms with E-state index in [1.165, 1.54) is 0 Å². The van der Waals surface area contributed by atoms with Gasteiger partial charge in [0, 0.05) is 42.9 Å². The lowest BCUT2D eigenvalue weighted by Gasteiger charge is -2.38. The molecule has 116 valence electrons. The fourth-order valence-electron chi connectivity index (χ4n) is 2.61. The van der Waals surface area contributed by atoms with Gasteiger partial charge in [-0.25, -0.2) is 0 Å². The molecular formula is C16H24ClN3O. The average molecular weight is 310 g/mol. The molecule has 1 saturated heterocycles. The molecule has 1 aliphatic rings. The standard InChI is InChI=1S/C16H24ClN3O/c1-12(2)18-16(21)13(3)19-7-9-20(10-8-19)15-6-4-5-14(17)11-15/h4-6,11-13H,7-10H2,1-3H3,(H,18,21)/t13-/m1/s1. The number of halogens is 1. The van der Waals surface area contributed by atoms with E-state index in [-0.39, 0.29) is 18.0 Å². The Labute approximate surface area is 132 Å². The Kier molecular flexibility index (Phi) is 5.48. The van der Waals surface area contributed by atoms with Crippen molar-refractivity contribution >= 4 is 23.2 Å². The van der Waals surface area contributed by atoms with E-state index in [2.05, 4.69) is 21.2 Å². The molecule has 0 radical (unpaired) electrons. The van der Waals surface area contributed by atoms with Crippen LogP contribution < -0.4 is 10.2 Å². The van der Waals surface area contributed by atoms with Gasteiger partial charge in [0.2, 0.25) is 5.91 Å². The number of carbonyl (C=O) groups is 1. The summed E-state index contributed by atoms with van der Waals surface area (Å²) in [6.45, 7) is 9.56. The fourth-order valence-corrected chi connectivity index (χ4v) is 2.80. The maximum absolute atomic E-state index is 12.1. The molecule has 0 spiro atoms. The monoisotopic (exact) mass is 309 g/mol. The SMILES string of the molecule is CC(C)NC(=O)[C@@H](C)N1CCN(c2cccc(Cl)c2)CC1. The average Bonchev–Trinajstić information content (AvgIpc) is 2.46. The number of amides is 1. The van der Waals surface area contributed by atoms with Gasteiger partial charge in [0.1, 0.15) is 0 Å². The first kappa shape index (κ1) is 16.1. The minimum absolute atomic E-state index is 0.0751. The van der Waals surface area contributed by atoms with Gasteiger partial charge in [-0.3, -0.25) is 9.69 Å². The Hall–Kier alpha value is -1.26. The Morgan fingerprint density at radius 1 is 1.19 bits per heavy atom. The zero-order valence-corrected chi connectivity index (χ0v) is 13.7. The second kappa shape index (κ2) is 7.14. The maximum Gasteiger partial charge on any atom is 0.237 e. The smallest absolute Gasteiger partial charge is 0.237 e. The Morgan fingerprint density at radius 3 is 2.43 bits per heavy atom. The lowest BCUT2D eigenvalue weighted by Crippen LogP contribution is -2.54. The zero-order chi connectivity index (χ0) is 15.4. The summed E-state index contributed by atoms with van der Waals surface area (Å²) < 4.78 is 0. The van der Waals surface area contributed by atoms with Crippen molar-refractivity contribution in [2.45, 2.75) is 32.9 Å². The topological polar surface area (TPSA) is 35.6 Å². The second-order valence-electron chi connectivity index (χ2n) is 5.84. The first-order valence-electron chi connectivity index (χ1n) is 7.52. The highest BCUT2D eigenvalue weighted by Crippen LogP contribution is 2.21. The predicted molar refractivity (Wildman–Crippen MR) is 88.0 cm³/mol. The highest BCUT2D eigenvalue weighted by atomic mass is 35.5.